The van der Waals surface area contributed by atoms with Crippen LogP contribution in [-0.2, 0) is 9.59 Å². The molecule has 0 saturated heterocycles. The van der Waals surface area contributed by atoms with Gasteiger partial charge in [0, 0.05) is 32.5 Å². The van der Waals surface area contributed by atoms with E-state index in [1.807, 2.05) is 0 Å². The van der Waals surface area contributed by atoms with Crippen molar-refractivity contribution in [1.29, 1.82) is 0 Å². The molecule has 0 aromatic heterocycles. The van der Waals surface area contributed by atoms with Crippen molar-refractivity contribution < 1.29 is 9.59 Å². The SMILES string of the molecule is CCCCCCCCCCCCCCCCCC(=O)NCCCNCCNC(=O)CCCCCCCCCCCCCCCCC. The summed E-state index contributed by atoms with van der Waals surface area (Å²) in [6.07, 6.45) is 42.7. The van der Waals surface area contributed by atoms with E-state index in [-0.39, 0.29) is 11.8 Å². The van der Waals surface area contributed by atoms with E-state index < -0.39 is 0 Å². The van der Waals surface area contributed by atoms with Gasteiger partial charge >= 0.3 is 0 Å². The van der Waals surface area contributed by atoms with E-state index in [2.05, 4.69) is 29.8 Å². The highest BCUT2D eigenvalue weighted by Gasteiger charge is 2.02. The molecule has 2 amide bonds. The van der Waals surface area contributed by atoms with Gasteiger partial charge in [-0.3, -0.25) is 9.59 Å². The fraction of sp³-hybridized carbons (Fsp3) is 0.951. The molecule has 0 heterocycles. The molecule has 0 radical (unpaired) electrons. The van der Waals surface area contributed by atoms with E-state index in [0.717, 1.165) is 38.9 Å². The Bertz CT molecular complexity index is 561. The Morgan fingerprint density at radius 2 is 0.587 bits per heavy atom. The first-order valence-electron chi connectivity index (χ1n) is 20.9. The number of amides is 2. The second-order valence-electron chi connectivity index (χ2n) is 14.2. The van der Waals surface area contributed by atoms with Gasteiger partial charge in [-0.2, -0.15) is 0 Å². The fourth-order valence-electron chi connectivity index (χ4n) is 6.35. The van der Waals surface area contributed by atoms with Crippen LogP contribution in [0.3, 0.4) is 0 Å². The van der Waals surface area contributed by atoms with Crippen LogP contribution in [0.25, 0.3) is 0 Å². The quantitative estimate of drug-likeness (QED) is 0.0580. The molecule has 0 aromatic carbocycles. The van der Waals surface area contributed by atoms with Gasteiger partial charge in [0.25, 0.3) is 0 Å². The zero-order valence-electron chi connectivity index (χ0n) is 31.5. The Hall–Kier alpha value is -1.10. The van der Waals surface area contributed by atoms with Gasteiger partial charge in [0.1, 0.15) is 0 Å². The third-order valence-corrected chi connectivity index (χ3v) is 9.49. The van der Waals surface area contributed by atoms with E-state index in [4.69, 9.17) is 0 Å². The summed E-state index contributed by atoms with van der Waals surface area (Å²) in [4.78, 5) is 24.1. The standard InChI is InChI=1S/C41H83N3O2/c1-3-5-7-9-11-13-15-17-19-21-23-25-27-29-31-34-40(45)43-37-33-36-42-38-39-44-41(46)35-32-30-28-26-24-22-20-18-16-14-12-10-8-6-4-2/h42H,3-39H2,1-2H3,(H,43,45)(H,44,46). The zero-order chi connectivity index (χ0) is 33.4. The maximum Gasteiger partial charge on any atom is 0.220 e. The van der Waals surface area contributed by atoms with Crippen molar-refractivity contribution in [2.45, 2.75) is 226 Å². The molecule has 0 unspecified atom stereocenters. The highest BCUT2D eigenvalue weighted by molar-refractivity contribution is 5.76. The maximum atomic E-state index is 12.1. The number of hydrogen-bond donors (Lipinski definition) is 3. The van der Waals surface area contributed by atoms with Gasteiger partial charge < -0.3 is 16.0 Å². The molecule has 0 aromatic rings. The molecule has 0 saturated carbocycles. The van der Waals surface area contributed by atoms with Crippen LogP contribution in [0.4, 0.5) is 0 Å². The number of carbonyl (C=O) groups excluding carboxylic acids is 2. The van der Waals surface area contributed by atoms with Crippen molar-refractivity contribution in [2.75, 3.05) is 26.2 Å². The van der Waals surface area contributed by atoms with Crippen LogP contribution in [0.5, 0.6) is 0 Å². The predicted octanol–water partition coefficient (Wildman–Crippen LogP) is 11.7. The number of rotatable bonds is 39. The van der Waals surface area contributed by atoms with Crippen LogP contribution < -0.4 is 16.0 Å². The molecule has 46 heavy (non-hydrogen) atoms. The Kier molecular flexibility index (Phi) is 39.1. The maximum absolute atomic E-state index is 12.1. The normalized spacial score (nSPS) is 11.3. The minimum absolute atomic E-state index is 0.183. The molecule has 0 aliphatic rings. The second kappa shape index (κ2) is 40.1. The molecule has 0 atom stereocenters. The predicted molar refractivity (Wildman–Crippen MR) is 203 cm³/mol. The van der Waals surface area contributed by atoms with E-state index in [1.54, 1.807) is 0 Å². The molecule has 0 aliphatic heterocycles. The van der Waals surface area contributed by atoms with Crippen molar-refractivity contribution in [3.05, 3.63) is 0 Å². The van der Waals surface area contributed by atoms with Gasteiger partial charge in [0.05, 0.1) is 0 Å². The summed E-state index contributed by atoms with van der Waals surface area (Å²) in [7, 11) is 0. The van der Waals surface area contributed by atoms with Crippen LogP contribution in [0, 0.1) is 0 Å². The van der Waals surface area contributed by atoms with Gasteiger partial charge in [-0.25, -0.2) is 0 Å². The van der Waals surface area contributed by atoms with Gasteiger partial charge in [-0.1, -0.05) is 194 Å². The third kappa shape index (κ3) is 39.1. The van der Waals surface area contributed by atoms with Crippen molar-refractivity contribution in [3.63, 3.8) is 0 Å². The number of hydrogen-bond acceptors (Lipinski definition) is 3. The Morgan fingerprint density at radius 3 is 0.913 bits per heavy atom. The average molecular weight is 650 g/mol. The summed E-state index contributed by atoms with van der Waals surface area (Å²) in [5, 5.41) is 9.46. The number of nitrogens with one attached hydrogen (secondary N) is 3. The molecule has 5 nitrogen and oxygen atoms in total. The van der Waals surface area contributed by atoms with Crippen molar-refractivity contribution in [3.8, 4) is 0 Å². The first kappa shape index (κ1) is 44.9. The average Bonchev–Trinajstić information content (AvgIpc) is 3.05. The van der Waals surface area contributed by atoms with Crippen LogP contribution in [0.2, 0.25) is 0 Å². The van der Waals surface area contributed by atoms with Crippen LogP contribution in [0.1, 0.15) is 226 Å². The Morgan fingerprint density at radius 1 is 0.304 bits per heavy atom. The minimum Gasteiger partial charge on any atom is -0.356 e. The monoisotopic (exact) mass is 650 g/mol. The highest BCUT2D eigenvalue weighted by Crippen LogP contribution is 2.15. The Balaban J connectivity index is 3.24. The van der Waals surface area contributed by atoms with E-state index >= 15 is 0 Å². The molecule has 0 spiro atoms. The molecule has 0 bridgehead atoms. The summed E-state index contributed by atoms with van der Waals surface area (Å²) in [5.74, 6) is 0.378. The van der Waals surface area contributed by atoms with Crippen LogP contribution >= 0.6 is 0 Å². The van der Waals surface area contributed by atoms with Crippen LogP contribution in [-0.4, -0.2) is 38.0 Å². The largest absolute Gasteiger partial charge is 0.356 e. The lowest BCUT2D eigenvalue weighted by molar-refractivity contribution is -0.122. The topological polar surface area (TPSA) is 70.2 Å². The smallest absolute Gasteiger partial charge is 0.220 e. The molecular formula is C41H83N3O2. The first-order chi connectivity index (χ1) is 22.7. The van der Waals surface area contributed by atoms with E-state index in [0.29, 0.717) is 19.4 Å². The molecule has 3 N–H and O–H groups in total. The molecule has 0 fully saturated rings. The summed E-state index contributed by atoms with van der Waals surface area (Å²) in [5.41, 5.74) is 0. The van der Waals surface area contributed by atoms with E-state index in [1.165, 1.54) is 180 Å². The molecule has 0 aliphatic carbocycles. The summed E-state index contributed by atoms with van der Waals surface area (Å²) in [6, 6.07) is 0. The van der Waals surface area contributed by atoms with Crippen LogP contribution in [0.15, 0.2) is 0 Å². The molecule has 5 heteroatoms. The third-order valence-electron chi connectivity index (χ3n) is 9.49. The van der Waals surface area contributed by atoms with Crippen molar-refractivity contribution in [1.82, 2.24) is 16.0 Å². The summed E-state index contributed by atoms with van der Waals surface area (Å²) >= 11 is 0. The zero-order valence-corrected chi connectivity index (χ0v) is 31.5. The Labute approximate surface area is 288 Å². The lowest BCUT2D eigenvalue weighted by Gasteiger charge is -2.08. The first-order valence-corrected chi connectivity index (χ1v) is 20.9. The van der Waals surface area contributed by atoms with Crippen molar-refractivity contribution in [2.24, 2.45) is 0 Å². The molecular weight excluding hydrogens is 566 g/mol. The summed E-state index contributed by atoms with van der Waals surface area (Å²) in [6.45, 7) is 7.64. The lowest BCUT2D eigenvalue weighted by atomic mass is 10.0. The van der Waals surface area contributed by atoms with Gasteiger partial charge in [-0.15, -0.1) is 0 Å². The number of carbonyl (C=O) groups is 2. The summed E-state index contributed by atoms with van der Waals surface area (Å²) < 4.78 is 0. The molecule has 0 rings (SSSR count). The van der Waals surface area contributed by atoms with Gasteiger partial charge in [0.2, 0.25) is 11.8 Å². The second-order valence-corrected chi connectivity index (χ2v) is 14.2. The van der Waals surface area contributed by atoms with Crippen molar-refractivity contribution >= 4 is 11.8 Å². The molecule has 274 valence electrons. The van der Waals surface area contributed by atoms with Gasteiger partial charge in [-0.05, 0) is 25.8 Å². The van der Waals surface area contributed by atoms with E-state index in [9.17, 15) is 9.59 Å². The fourth-order valence-corrected chi connectivity index (χ4v) is 6.35. The van der Waals surface area contributed by atoms with Gasteiger partial charge in [0.15, 0.2) is 0 Å². The highest BCUT2D eigenvalue weighted by atomic mass is 16.2. The number of unbranched alkanes of at least 4 members (excludes halogenated alkanes) is 28. The lowest BCUT2D eigenvalue weighted by Crippen LogP contribution is -2.33. The minimum atomic E-state index is 0.183.